The first-order chi connectivity index (χ1) is 9.23. The van der Waals surface area contributed by atoms with Gasteiger partial charge in [-0.25, -0.2) is 0 Å². The van der Waals surface area contributed by atoms with Crippen LogP contribution >= 0.6 is 0 Å². The highest BCUT2D eigenvalue weighted by atomic mass is 16.5. The Morgan fingerprint density at radius 3 is 2.95 bits per heavy atom. The lowest BCUT2D eigenvalue weighted by atomic mass is 9.76. The average Bonchev–Trinajstić information content (AvgIpc) is 2.48. The number of aliphatic hydroxyl groups is 1. The molecule has 2 rings (SSSR count). The first kappa shape index (κ1) is 13.9. The van der Waals surface area contributed by atoms with Crippen LogP contribution in [0.5, 0.6) is 5.75 Å². The summed E-state index contributed by atoms with van der Waals surface area (Å²) in [5.74, 6) is 0.637. The van der Waals surface area contributed by atoms with Crippen LogP contribution in [-0.4, -0.2) is 24.9 Å². The van der Waals surface area contributed by atoms with Crippen LogP contribution in [0.15, 0.2) is 24.3 Å². The molecular formula is C15H19NO3. The van der Waals surface area contributed by atoms with Crippen LogP contribution in [0, 0.1) is 16.7 Å². The largest absolute Gasteiger partial charge is 0.493 e. The second-order valence-electron chi connectivity index (χ2n) is 4.80. The molecule has 1 aliphatic heterocycles. The third kappa shape index (κ3) is 2.73. The molecule has 2 unspecified atom stereocenters. The third-order valence-corrected chi connectivity index (χ3v) is 3.53. The normalized spacial score (nSPS) is 24.5. The van der Waals surface area contributed by atoms with Crippen molar-refractivity contribution in [3.8, 4) is 11.8 Å². The number of nitriles is 1. The molecule has 0 bridgehead atoms. The summed E-state index contributed by atoms with van der Waals surface area (Å²) in [5, 5.41) is 20.1. The first-order valence-electron chi connectivity index (χ1n) is 6.62. The third-order valence-electron chi connectivity index (χ3n) is 3.53. The molecule has 1 aliphatic rings. The van der Waals surface area contributed by atoms with Crippen LogP contribution < -0.4 is 4.74 Å². The van der Waals surface area contributed by atoms with E-state index < -0.39 is 11.5 Å². The summed E-state index contributed by atoms with van der Waals surface area (Å²) in [6, 6.07) is 9.58. The molecule has 2 atom stereocenters. The number of hydrogen-bond acceptors (Lipinski definition) is 4. The summed E-state index contributed by atoms with van der Waals surface area (Å²) >= 11 is 0. The lowest BCUT2D eigenvalue weighted by Gasteiger charge is -2.35. The number of aliphatic hydroxyl groups excluding tert-OH is 1. The summed E-state index contributed by atoms with van der Waals surface area (Å²) in [5.41, 5.74) is -0.206. The summed E-state index contributed by atoms with van der Waals surface area (Å²) in [6.07, 6.45) is 0.549. The van der Waals surface area contributed by atoms with Gasteiger partial charge in [-0.2, -0.15) is 5.26 Å². The molecule has 1 fully saturated rings. The van der Waals surface area contributed by atoms with E-state index in [-0.39, 0.29) is 6.61 Å². The van der Waals surface area contributed by atoms with Crippen LogP contribution in [0.25, 0.3) is 0 Å². The second kappa shape index (κ2) is 6.05. The summed E-state index contributed by atoms with van der Waals surface area (Å²) < 4.78 is 10.9. The van der Waals surface area contributed by atoms with E-state index in [0.29, 0.717) is 30.9 Å². The van der Waals surface area contributed by atoms with Gasteiger partial charge in [-0.05, 0) is 25.8 Å². The minimum atomic E-state index is -0.888. The van der Waals surface area contributed by atoms with Crippen molar-refractivity contribution in [3.05, 3.63) is 29.8 Å². The Morgan fingerprint density at radius 1 is 1.53 bits per heavy atom. The molecule has 1 heterocycles. The van der Waals surface area contributed by atoms with Crippen molar-refractivity contribution in [1.29, 1.82) is 5.26 Å². The Labute approximate surface area is 113 Å². The molecule has 0 aliphatic carbocycles. The minimum absolute atomic E-state index is 0.269. The van der Waals surface area contributed by atoms with Gasteiger partial charge in [0.2, 0.25) is 0 Å². The number of hydrogen-bond donors (Lipinski definition) is 1. The lowest BCUT2D eigenvalue weighted by molar-refractivity contribution is -0.0513. The zero-order valence-corrected chi connectivity index (χ0v) is 11.1. The molecule has 0 aromatic heterocycles. The van der Waals surface area contributed by atoms with Crippen LogP contribution in [0.3, 0.4) is 0 Å². The molecule has 102 valence electrons. The van der Waals surface area contributed by atoms with Crippen molar-refractivity contribution in [3.63, 3.8) is 0 Å². The van der Waals surface area contributed by atoms with Gasteiger partial charge >= 0.3 is 0 Å². The van der Waals surface area contributed by atoms with E-state index in [1.807, 2.05) is 31.2 Å². The smallest absolute Gasteiger partial charge is 0.125 e. The zero-order valence-electron chi connectivity index (χ0n) is 11.1. The van der Waals surface area contributed by atoms with Gasteiger partial charge in [0.05, 0.1) is 19.3 Å². The fourth-order valence-corrected chi connectivity index (χ4v) is 2.47. The Balaban J connectivity index is 2.32. The standard InChI is InChI=1S/C15H19NO3/c1-2-19-13-7-4-3-6-12(13)14(17)15(10-16)8-5-9-18-11-15/h3-4,6-7,14,17H,2,5,8-9,11H2,1H3. The van der Waals surface area contributed by atoms with Crippen molar-refractivity contribution in [2.24, 2.45) is 5.41 Å². The Morgan fingerprint density at radius 2 is 2.32 bits per heavy atom. The molecule has 0 saturated carbocycles. The Bertz CT molecular complexity index is 461. The maximum Gasteiger partial charge on any atom is 0.125 e. The van der Waals surface area contributed by atoms with Crippen LogP contribution in [-0.2, 0) is 4.74 Å². The predicted octanol–water partition coefficient (Wildman–Crippen LogP) is 2.44. The number of ether oxygens (including phenoxy) is 2. The highest BCUT2D eigenvalue weighted by Crippen LogP contribution is 2.43. The van der Waals surface area contributed by atoms with Crippen molar-refractivity contribution in [2.45, 2.75) is 25.9 Å². The number of rotatable bonds is 4. The van der Waals surface area contributed by atoms with Crippen molar-refractivity contribution in [2.75, 3.05) is 19.8 Å². The highest BCUT2D eigenvalue weighted by Gasteiger charge is 2.42. The summed E-state index contributed by atoms with van der Waals surface area (Å²) in [6.45, 7) is 3.35. The Hall–Kier alpha value is -1.57. The van der Waals surface area contributed by atoms with Crippen LogP contribution in [0.2, 0.25) is 0 Å². The van der Waals surface area contributed by atoms with Crippen molar-refractivity contribution < 1.29 is 14.6 Å². The van der Waals surface area contributed by atoms with E-state index in [1.54, 1.807) is 0 Å². The van der Waals surface area contributed by atoms with Crippen LogP contribution in [0.4, 0.5) is 0 Å². The molecule has 19 heavy (non-hydrogen) atoms. The average molecular weight is 261 g/mol. The van der Waals surface area contributed by atoms with Gasteiger partial charge in [-0.3, -0.25) is 0 Å². The molecule has 0 amide bonds. The summed E-state index contributed by atoms with van der Waals surface area (Å²) in [4.78, 5) is 0. The monoisotopic (exact) mass is 261 g/mol. The molecule has 1 saturated heterocycles. The van der Waals surface area contributed by atoms with Gasteiger partial charge in [0.1, 0.15) is 17.3 Å². The van der Waals surface area contributed by atoms with Crippen LogP contribution in [0.1, 0.15) is 31.4 Å². The highest BCUT2D eigenvalue weighted by molar-refractivity contribution is 5.37. The minimum Gasteiger partial charge on any atom is -0.493 e. The number of nitrogens with zero attached hydrogens (tertiary/aromatic N) is 1. The molecule has 1 aromatic carbocycles. The quantitative estimate of drug-likeness (QED) is 0.904. The molecule has 4 nitrogen and oxygen atoms in total. The first-order valence-corrected chi connectivity index (χ1v) is 6.62. The zero-order chi connectivity index (χ0) is 13.7. The maximum absolute atomic E-state index is 10.6. The fraction of sp³-hybridized carbons (Fsp3) is 0.533. The van der Waals surface area contributed by atoms with Gasteiger partial charge < -0.3 is 14.6 Å². The molecule has 0 spiro atoms. The molecule has 0 radical (unpaired) electrons. The van der Waals surface area contributed by atoms with Gasteiger partial charge in [0, 0.05) is 12.2 Å². The summed E-state index contributed by atoms with van der Waals surface area (Å²) in [7, 11) is 0. The van der Waals surface area contributed by atoms with Gasteiger partial charge in [-0.15, -0.1) is 0 Å². The molecule has 4 heteroatoms. The van der Waals surface area contributed by atoms with Gasteiger partial charge in [-0.1, -0.05) is 18.2 Å². The van der Waals surface area contributed by atoms with E-state index in [1.165, 1.54) is 0 Å². The van der Waals surface area contributed by atoms with E-state index in [4.69, 9.17) is 9.47 Å². The molecular weight excluding hydrogens is 242 g/mol. The Kier molecular flexibility index (Phi) is 4.41. The van der Waals surface area contributed by atoms with Crippen molar-refractivity contribution >= 4 is 0 Å². The second-order valence-corrected chi connectivity index (χ2v) is 4.80. The number of benzene rings is 1. The van der Waals surface area contributed by atoms with E-state index in [9.17, 15) is 10.4 Å². The fourth-order valence-electron chi connectivity index (χ4n) is 2.47. The van der Waals surface area contributed by atoms with Crippen molar-refractivity contribution in [1.82, 2.24) is 0 Å². The maximum atomic E-state index is 10.6. The topological polar surface area (TPSA) is 62.5 Å². The SMILES string of the molecule is CCOc1ccccc1C(O)C1(C#N)CCCOC1. The lowest BCUT2D eigenvalue weighted by Crippen LogP contribution is -2.36. The molecule has 1 aromatic rings. The van der Waals surface area contributed by atoms with Gasteiger partial charge in [0.25, 0.3) is 0 Å². The molecule has 1 N–H and O–H groups in total. The van der Waals surface area contributed by atoms with Gasteiger partial charge in [0.15, 0.2) is 0 Å². The number of para-hydroxylation sites is 1. The van der Waals surface area contributed by atoms with E-state index in [2.05, 4.69) is 6.07 Å². The van der Waals surface area contributed by atoms with E-state index in [0.717, 1.165) is 6.42 Å². The predicted molar refractivity (Wildman–Crippen MR) is 70.7 cm³/mol. The van der Waals surface area contributed by atoms with E-state index >= 15 is 0 Å².